The van der Waals surface area contributed by atoms with Crippen molar-refractivity contribution in [1.82, 2.24) is 4.98 Å². The molecule has 1 heterocycles. The monoisotopic (exact) mass is 290 g/mol. The molecule has 3 nitrogen and oxygen atoms in total. The van der Waals surface area contributed by atoms with Crippen LogP contribution >= 0.6 is 11.3 Å². The molecule has 0 unspecified atom stereocenters. The lowest BCUT2D eigenvalue weighted by Gasteiger charge is -2.25. The molecule has 108 valence electrons. The van der Waals surface area contributed by atoms with Crippen LogP contribution in [0.1, 0.15) is 31.6 Å². The van der Waals surface area contributed by atoms with Gasteiger partial charge in [0.2, 0.25) is 0 Å². The summed E-state index contributed by atoms with van der Waals surface area (Å²) in [5, 5.41) is 10.6. The van der Waals surface area contributed by atoms with Crippen molar-refractivity contribution in [3.05, 3.63) is 35.2 Å². The highest BCUT2D eigenvalue weighted by atomic mass is 32.1. The third-order valence-electron chi connectivity index (χ3n) is 3.67. The molecule has 0 fully saturated rings. The number of aliphatic hydroxyl groups excluding tert-OH is 1. The summed E-state index contributed by atoms with van der Waals surface area (Å²) in [6, 6.07) is 10.6. The summed E-state index contributed by atoms with van der Waals surface area (Å²) in [7, 11) is 2.09. The molecule has 0 amide bonds. The Kier molecular flexibility index (Phi) is 5.15. The zero-order valence-electron chi connectivity index (χ0n) is 12.3. The van der Waals surface area contributed by atoms with Gasteiger partial charge in [-0.15, -0.1) is 0 Å². The van der Waals surface area contributed by atoms with E-state index in [4.69, 9.17) is 4.98 Å². The maximum absolute atomic E-state index is 9.58. The minimum Gasteiger partial charge on any atom is -0.391 e. The van der Waals surface area contributed by atoms with Gasteiger partial charge >= 0.3 is 0 Å². The molecule has 1 aromatic carbocycles. The minimum absolute atomic E-state index is 0.0403. The number of thiazole rings is 1. The predicted molar refractivity (Wildman–Crippen MR) is 86.2 cm³/mol. The number of hydrogen-bond acceptors (Lipinski definition) is 4. The van der Waals surface area contributed by atoms with Crippen LogP contribution < -0.4 is 4.90 Å². The number of anilines is 1. The molecule has 2 rings (SSSR count). The third kappa shape index (κ3) is 3.02. The van der Waals surface area contributed by atoms with E-state index in [1.54, 1.807) is 11.3 Å². The van der Waals surface area contributed by atoms with Crippen molar-refractivity contribution in [2.24, 2.45) is 0 Å². The van der Waals surface area contributed by atoms with Gasteiger partial charge in [-0.2, -0.15) is 0 Å². The molecule has 0 aliphatic rings. The van der Waals surface area contributed by atoms with Crippen LogP contribution in [0, 0.1) is 0 Å². The van der Waals surface area contributed by atoms with Gasteiger partial charge in [-0.05, 0) is 12.8 Å². The topological polar surface area (TPSA) is 36.4 Å². The van der Waals surface area contributed by atoms with Crippen molar-refractivity contribution in [3.8, 4) is 11.3 Å². The average molecular weight is 290 g/mol. The van der Waals surface area contributed by atoms with E-state index in [0.717, 1.165) is 34.1 Å². The van der Waals surface area contributed by atoms with E-state index >= 15 is 0 Å². The highest BCUT2D eigenvalue weighted by Gasteiger charge is 2.18. The van der Waals surface area contributed by atoms with Crippen molar-refractivity contribution in [1.29, 1.82) is 0 Å². The van der Waals surface area contributed by atoms with Crippen LogP contribution in [0.5, 0.6) is 0 Å². The van der Waals surface area contributed by atoms with Gasteiger partial charge in [-0.25, -0.2) is 4.98 Å². The van der Waals surface area contributed by atoms with Crippen LogP contribution in [0.15, 0.2) is 30.3 Å². The van der Waals surface area contributed by atoms with Crippen LogP contribution in [0.4, 0.5) is 5.13 Å². The van der Waals surface area contributed by atoms with E-state index in [1.807, 2.05) is 30.3 Å². The Labute approximate surface area is 124 Å². The Bertz CT molecular complexity index is 535. The maximum atomic E-state index is 9.58. The van der Waals surface area contributed by atoms with Gasteiger partial charge in [0, 0.05) is 18.7 Å². The second-order valence-electron chi connectivity index (χ2n) is 4.87. The summed E-state index contributed by atoms with van der Waals surface area (Å²) in [4.78, 5) is 7.92. The fraction of sp³-hybridized carbons (Fsp3) is 0.438. The molecule has 0 saturated carbocycles. The number of aliphatic hydroxyl groups is 1. The Morgan fingerprint density at radius 3 is 2.40 bits per heavy atom. The van der Waals surface area contributed by atoms with Crippen molar-refractivity contribution in [2.45, 2.75) is 39.3 Å². The maximum Gasteiger partial charge on any atom is 0.186 e. The van der Waals surface area contributed by atoms with E-state index in [1.165, 1.54) is 0 Å². The molecule has 4 heteroatoms. The molecule has 1 aromatic heterocycles. The number of nitrogens with zero attached hydrogens (tertiary/aromatic N) is 2. The normalized spacial score (nSPS) is 11.1. The van der Waals surface area contributed by atoms with E-state index < -0.39 is 0 Å². The van der Waals surface area contributed by atoms with E-state index in [2.05, 4.69) is 25.8 Å². The molecule has 0 aliphatic carbocycles. The van der Waals surface area contributed by atoms with Gasteiger partial charge in [0.1, 0.15) is 0 Å². The molecule has 0 radical (unpaired) electrons. The number of rotatable bonds is 6. The van der Waals surface area contributed by atoms with Gasteiger partial charge in [-0.1, -0.05) is 55.5 Å². The van der Waals surface area contributed by atoms with Crippen molar-refractivity contribution < 1.29 is 5.11 Å². The summed E-state index contributed by atoms with van der Waals surface area (Å²) < 4.78 is 0. The van der Waals surface area contributed by atoms with E-state index in [0.29, 0.717) is 6.04 Å². The van der Waals surface area contributed by atoms with Crippen LogP contribution in [-0.4, -0.2) is 23.2 Å². The number of aromatic nitrogens is 1. The highest BCUT2D eigenvalue weighted by Crippen LogP contribution is 2.33. The number of benzene rings is 1. The minimum atomic E-state index is 0.0403. The number of hydrogen-bond donors (Lipinski definition) is 1. The molecule has 0 bridgehead atoms. The van der Waals surface area contributed by atoms with Crippen LogP contribution in [0.25, 0.3) is 11.3 Å². The SMILES string of the molecule is CCC(CC)N(C)c1nc(-c2ccccc2)c(CO)s1. The first kappa shape index (κ1) is 15.0. The van der Waals surface area contributed by atoms with Crippen LogP contribution in [0.2, 0.25) is 0 Å². The first-order chi connectivity index (χ1) is 9.71. The molecule has 0 atom stereocenters. The van der Waals surface area contributed by atoms with Gasteiger partial charge in [-0.3, -0.25) is 0 Å². The molecule has 0 aliphatic heterocycles. The molecule has 2 aromatic rings. The zero-order valence-corrected chi connectivity index (χ0v) is 13.2. The molecule has 20 heavy (non-hydrogen) atoms. The lowest BCUT2D eigenvalue weighted by atomic mass is 10.1. The summed E-state index contributed by atoms with van der Waals surface area (Å²) in [6.07, 6.45) is 2.20. The van der Waals surface area contributed by atoms with Crippen molar-refractivity contribution >= 4 is 16.5 Å². The second-order valence-corrected chi connectivity index (χ2v) is 5.94. The van der Waals surface area contributed by atoms with E-state index in [-0.39, 0.29) is 6.61 Å². The molecule has 0 spiro atoms. The van der Waals surface area contributed by atoms with Gasteiger partial charge in [0.25, 0.3) is 0 Å². The average Bonchev–Trinajstić information content (AvgIpc) is 2.93. The quantitative estimate of drug-likeness (QED) is 0.875. The Hall–Kier alpha value is -1.39. The second kappa shape index (κ2) is 6.86. The smallest absolute Gasteiger partial charge is 0.186 e. The fourth-order valence-corrected chi connectivity index (χ4v) is 3.39. The molecular weight excluding hydrogens is 268 g/mol. The third-order valence-corrected chi connectivity index (χ3v) is 4.80. The van der Waals surface area contributed by atoms with Gasteiger partial charge < -0.3 is 10.0 Å². The lowest BCUT2D eigenvalue weighted by Crippen LogP contribution is -2.30. The first-order valence-corrected chi connectivity index (χ1v) is 7.91. The van der Waals surface area contributed by atoms with E-state index in [9.17, 15) is 5.11 Å². The summed E-state index contributed by atoms with van der Waals surface area (Å²) in [5.41, 5.74) is 1.97. The summed E-state index contributed by atoms with van der Waals surface area (Å²) >= 11 is 1.59. The summed E-state index contributed by atoms with van der Waals surface area (Å²) in [6.45, 7) is 4.44. The predicted octanol–water partition coefficient (Wildman–Crippen LogP) is 3.93. The zero-order chi connectivity index (χ0) is 14.5. The first-order valence-electron chi connectivity index (χ1n) is 7.10. The molecule has 1 N–H and O–H groups in total. The van der Waals surface area contributed by atoms with Crippen LogP contribution in [0.3, 0.4) is 0 Å². The Morgan fingerprint density at radius 2 is 1.85 bits per heavy atom. The molecular formula is C16H22N2OS. The highest BCUT2D eigenvalue weighted by molar-refractivity contribution is 7.16. The van der Waals surface area contributed by atoms with Gasteiger partial charge in [0.15, 0.2) is 5.13 Å². The van der Waals surface area contributed by atoms with Crippen LogP contribution in [-0.2, 0) is 6.61 Å². The Balaban J connectivity index is 2.36. The van der Waals surface area contributed by atoms with Crippen molar-refractivity contribution in [2.75, 3.05) is 11.9 Å². The Morgan fingerprint density at radius 1 is 1.20 bits per heavy atom. The largest absolute Gasteiger partial charge is 0.391 e. The lowest BCUT2D eigenvalue weighted by molar-refractivity contribution is 0.286. The van der Waals surface area contributed by atoms with Crippen molar-refractivity contribution in [3.63, 3.8) is 0 Å². The fourth-order valence-electron chi connectivity index (χ4n) is 2.41. The standard InChI is InChI=1S/C16H22N2OS/c1-4-13(5-2)18(3)16-17-15(14(11-19)20-16)12-9-7-6-8-10-12/h6-10,13,19H,4-5,11H2,1-3H3. The summed E-state index contributed by atoms with van der Waals surface area (Å²) in [5.74, 6) is 0. The molecule has 0 saturated heterocycles. The van der Waals surface area contributed by atoms with Gasteiger partial charge in [0.05, 0.1) is 17.2 Å².